The Hall–Kier alpha value is -2.56. The number of fused-ring (bicyclic) bond motifs is 1. The van der Waals surface area contributed by atoms with Crippen molar-refractivity contribution in [3.05, 3.63) is 36.4 Å². The molecule has 1 aliphatic rings. The highest BCUT2D eigenvalue weighted by Crippen LogP contribution is 2.33. The molecule has 154 valence electrons. The van der Waals surface area contributed by atoms with E-state index in [1.54, 1.807) is 24.3 Å². The van der Waals surface area contributed by atoms with E-state index in [2.05, 4.69) is 14.6 Å². The molecule has 0 saturated carbocycles. The minimum Gasteiger partial charge on any atom is -0.497 e. The molecule has 0 aliphatic carbocycles. The third-order valence-corrected chi connectivity index (χ3v) is 7.05. The van der Waals surface area contributed by atoms with E-state index in [4.69, 9.17) is 14.2 Å². The van der Waals surface area contributed by atoms with Crippen LogP contribution in [-0.4, -0.2) is 53.9 Å². The van der Waals surface area contributed by atoms with Crippen LogP contribution in [0.15, 0.2) is 41.3 Å². The summed E-state index contributed by atoms with van der Waals surface area (Å²) in [6, 6.07) is 9.96. The second-order valence-corrected chi connectivity index (χ2v) is 9.06. The summed E-state index contributed by atoms with van der Waals surface area (Å²) in [6.07, 6.45) is 0. The summed E-state index contributed by atoms with van der Waals surface area (Å²) in [4.78, 5) is 6.85. The molecule has 8 nitrogen and oxygen atoms in total. The lowest BCUT2D eigenvalue weighted by Gasteiger charge is -2.25. The lowest BCUT2D eigenvalue weighted by Crippen LogP contribution is -2.36. The van der Waals surface area contributed by atoms with E-state index in [1.807, 2.05) is 6.07 Å². The number of hydrogen-bond acceptors (Lipinski definition) is 8. The SMILES string of the molecule is COc1ccc(OC)c(S(=O)(=O)Nc2ccc3nc(N4CCOCC4)sc3c2)c1. The van der Waals surface area contributed by atoms with Crippen molar-refractivity contribution in [2.45, 2.75) is 4.90 Å². The molecule has 0 spiro atoms. The first kappa shape index (κ1) is 19.7. The minimum atomic E-state index is -3.87. The molecular weight excluding hydrogens is 414 g/mol. The van der Waals surface area contributed by atoms with E-state index < -0.39 is 10.0 Å². The molecule has 1 saturated heterocycles. The number of ether oxygens (including phenoxy) is 3. The number of morpholine rings is 1. The van der Waals surface area contributed by atoms with Gasteiger partial charge in [-0.1, -0.05) is 11.3 Å². The van der Waals surface area contributed by atoms with Crippen LogP contribution in [0.1, 0.15) is 0 Å². The Labute approximate surface area is 173 Å². The van der Waals surface area contributed by atoms with Gasteiger partial charge in [-0.15, -0.1) is 0 Å². The fourth-order valence-corrected chi connectivity index (χ4v) is 5.36. The average molecular weight is 436 g/mol. The van der Waals surface area contributed by atoms with Crippen molar-refractivity contribution < 1.29 is 22.6 Å². The first-order chi connectivity index (χ1) is 14.0. The molecule has 0 amide bonds. The predicted molar refractivity (Wildman–Crippen MR) is 113 cm³/mol. The number of aromatic nitrogens is 1. The zero-order valence-electron chi connectivity index (χ0n) is 16.0. The quantitative estimate of drug-likeness (QED) is 0.637. The largest absolute Gasteiger partial charge is 0.497 e. The summed E-state index contributed by atoms with van der Waals surface area (Å²) in [5, 5.41) is 0.915. The van der Waals surface area contributed by atoms with E-state index >= 15 is 0 Å². The zero-order chi connectivity index (χ0) is 20.4. The standard InChI is InChI=1S/C19H21N3O5S2/c1-25-14-4-6-16(26-2)18(12-14)29(23,24)21-13-3-5-15-17(11-13)28-19(20-15)22-7-9-27-10-8-22/h3-6,11-12,21H,7-10H2,1-2H3. The van der Waals surface area contributed by atoms with Gasteiger partial charge in [0.05, 0.1) is 43.3 Å². The Kier molecular flexibility index (Phi) is 5.48. The van der Waals surface area contributed by atoms with Gasteiger partial charge in [-0.05, 0) is 30.3 Å². The fraction of sp³-hybridized carbons (Fsp3) is 0.316. The molecule has 29 heavy (non-hydrogen) atoms. The van der Waals surface area contributed by atoms with Gasteiger partial charge in [-0.25, -0.2) is 13.4 Å². The summed E-state index contributed by atoms with van der Waals surface area (Å²) in [5.41, 5.74) is 1.29. The average Bonchev–Trinajstić information content (AvgIpc) is 3.17. The number of hydrogen-bond donors (Lipinski definition) is 1. The Morgan fingerprint density at radius 1 is 1.10 bits per heavy atom. The summed E-state index contributed by atoms with van der Waals surface area (Å²) in [6.45, 7) is 2.97. The monoisotopic (exact) mass is 435 g/mol. The van der Waals surface area contributed by atoms with Crippen LogP contribution < -0.4 is 19.1 Å². The fourth-order valence-electron chi connectivity index (χ4n) is 3.07. The number of thiazole rings is 1. The highest BCUT2D eigenvalue weighted by Gasteiger charge is 2.22. The van der Waals surface area contributed by atoms with Crippen LogP contribution in [0.2, 0.25) is 0 Å². The normalized spacial score (nSPS) is 14.8. The van der Waals surface area contributed by atoms with Crippen LogP contribution in [0.25, 0.3) is 10.2 Å². The van der Waals surface area contributed by atoms with Crippen LogP contribution in [-0.2, 0) is 14.8 Å². The molecule has 2 heterocycles. The van der Waals surface area contributed by atoms with Crippen molar-refractivity contribution >= 4 is 42.4 Å². The molecule has 3 aromatic rings. The number of methoxy groups -OCH3 is 2. The Morgan fingerprint density at radius 3 is 2.62 bits per heavy atom. The third-order valence-electron chi connectivity index (χ3n) is 4.57. The molecule has 0 bridgehead atoms. The Bertz CT molecular complexity index is 1120. The zero-order valence-corrected chi connectivity index (χ0v) is 17.7. The second kappa shape index (κ2) is 8.05. The van der Waals surface area contributed by atoms with E-state index in [0.29, 0.717) is 24.7 Å². The number of sulfonamides is 1. The lowest BCUT2D eigenvalue weighted by atomic mass is 10.3. The van der Waals surface area contributed by atoms with E-state index in [9.17, 15) is 8.42 Å². The van der Waals surface area contributed by atoms with E-state index in [0.717, 1.165) is 28.4 Å². The Morgan fingerprint density at radius 2 is 1.90 bits per heavy atom. The molecule has 2 aromatic carbocycles. The number of anilines is 2. The third kappa shape index (κ3) is 4.09. The van der Waals surface area contributed by atoms with Gasteiger partial charge in [-0.2, -0.15) is 0 Å². The van der Waals surface area contributed by atoms with Gasteiger partial charge in [0.15, 0.2) is 5.13 Å². The van der Waals surface area contributed by atoms with Gasteiger partial charge in [0.2, 0.25) is 0 Å². The number of nitrogens with zero attached hydrogens (tertiary/aromatic N) is 2. The minimum absolute atomic E-state index is 0.0118. The number of nitrogens with one attached hydrogen (secondary N) is 1. The summed E-state index contributed by atoms with van der Waals surface area (Å²) in [5.74, 6) is 0.672. The maximum Gasteiger partial charge on any atom is 0.265 e. The van der Waals surface area contributed by atoms with Crippen molar-refractivity contribution in [2.75, 3.05) is 50.1 Å². The molecule has 10 heteroatoms. The molecule has 1 N–H and O–H groups in total. The van der Waals surface area contributed by atoms with E-state index in [1.165, 1.54) is 31.6 Å². The van der Waals surface area contributed by atoms with Gasteiger partial charge in [0, 0.05) is 19.2 Å². The van der Waals surface area contributed by atoms with Crippen LogP contribution in [0.4, 0.5) is 10.8 Å². The van der Waals surface area contributed by atoms with Crippen molar-refractivity contribution in [1.82, 2.24) is 4.98 Å². The summed E-state index contributed by atoms with van der Waals surface area (Å²) in [7, 11) is -0.959. The van der Waals surface area contributed by atoms with Crippen molar-refractivity contribution in [3.8, 4) is 11.5 Å². The topological polar surface area (TPSA) is 90.0 Å². The number of rotatable bonds is 6. The molecular formula is C19H21N3O5S2. The van der Waals surface area contributed by atoms with Crippen LogP contribution in [0.5, 0.6) is 11.5 Å². The summed E-state index contributed by atoms with van der Waals surface area (Å²) >= 11 is 1.53. The van der Waals surface area contributed by atoms with Gasteiger partial charge >= 0.3 is 0 Å². The molecule has 1 aromatic heterocycles. The van der Waals surface area contributed by atoms with Crippen molar-refractivity contribution in [1.29, 1.82) is 0 Å². The summed E-state index contributed by atoms with van der Waals surface area (Å²) < 4.78 is 45.2. The van der Waals surface area contributed by atoms with Crippen molar-refractivity contribution in [2.24, 2.45) is 0 Å². The van der Waals surface area contributed by atoms with Crippen LogP contribution in [0, 0.1) is 0 Å². The van der Waals surface area contributed by atoms with Gasteiger partial charge in [-0.3, -0.25) is 4.72 Å². The molecule has 0 unspecified atom stereocenters. The van der Waals surface area contributed by atoms with Crippen LogP contribution >= 0.6 is 11.3 Å². The smallest absolute Gasteiger partial charge is 0.265 e. The molecule has 1 fully saturated rings. The van der Waals surface area contributed by atoms with Gasteiger partial charge < -0.3 is 19.1 Å². The maximum atomic E-state index is 13.0. The molecule has 1 aliphatic heterocycles. The maximum absolute atomic E-state index is 13.0. The lowest BCUT2D eigenvalue weighted by molar-refractivity contribution is 0.122. The van der Waals surface area contributed by atoms with Gasteiger partial charge in [0.25, 0.3) is 10.0 Å². The van der Waals surface area contributed by atoms with Crippen LogP contribution in [0.3, 0.4) is 0 Å². The van der Waals surface area contributed by atoms with Gasteiger partial charge in [0.1, 0.15) is 16.4 Å². The number of benzene rings is 2. The van der Waals surface area contributed by atoms with Crippen molar-refractivity contribution in [3.63, 3.8) is 0 Å². The molecule has 4 rings (SSSR count). The van der Waals surface area contributed by atoms with E-state index in [-0.39, 0.29) is 10.6 Å². The Balaban J connectivity index is 1.63. The highest BCUT2D eigenvalue weighted by molar-refractivity contribution is 7.92. The second-order valence-electron chi connectivity index (χ2n) is 6.40. The molecule has 0 atom stereocenters. The predicted octanol–water partition coefficient (Wildman–Crippen LogP) is 2.95. The molecule has 0 radical (unpaired) electrons. The first-order valence-corrected chi connectivity index (χ1v) is 11.3. The first-order valence-electron chi connectivity index (χ1n) is 8.98. The highest BCUT2D eigenvalue weighted by atomic mass is 32.2.